The first-order chi connectivity index (χ1) is 9.37. The molecule has 1 amide bonds. The van der Waals surface area contributed by atoms with Crippen LogP contribution in [0.5, 0.6) is 5.75 Å². The zero-order valence-corrected chi connectivity index (χ0v) is 10.5. The lowest BCUT2D eigenvalue weighted by Crippen LogP contribution is -2.37. The molecule has 0 bridgehead atoms. The third-order valence-corrected chi connectivity index (χ3v) is 2.28. The lowest BCUT2D eigenvalue weighted by Gasteiger charge is -2.13. The van der Waals surface area contributed by atoms with Crippen molar-refractivity contribution in [1.82, 2.24) is 5.32 Å². The summed E-state index contributed by atoms with van der Waals surface area (Å²) in [6, 6.07) is 6.55. The van der Waals surface area contributed by atoms with Gasteiger partial charge < -0.3 is 15.4 Å². The summed E-state index contributed by atoms with van der Waals surface area (Å²) in [7, 11) is 1.38. The van der Waals surface area contributed by atoms with Crippen molar-refractivity contribution in [2.24, 2.45) is 0 Å². The molecule has 1 aromatic carbocycles. The molecule has 1 rings (SSSR count). The number of hydrogen-bond acceptors (Lipinski definition) is 4. The average molecular weight is 287 g/mol. The molecule has 0 saturated carbocycles. The van der Waals surface area contributed by atoms with Gasteiger partial charge in [0.05, 0.1) is 24.9 Å². The number of carbonyl (C=O) groups is 1. The van der Waals surface area contributed by atoms with Gasteiger partial charge in [-0.15, -0.1) is 0 Å². The lowest BCUT2D eigenvalue weighted by atomic mass is 10.2. The Bertz CT molecular complexity index is 524. The van der Waals surface area contributed by atoms with Crippen molar-refractivity contribution in [3.8, 4) is 11.8 Å². The highest BCUT2D eigenvalue weighted by Crippen LogP contribution is 2.27. The van der Waals surface area contributed by atoms with Crippen LogP contribution in [-0.4, -0.2) is 32.3 Å². The SMILES string of the molecule is COc1cccc(C#N)c1NCC(=O)NCC(F)(F)F. The molecule has 0 fully saturated rings. The van der Waals surface area contributed by atoms with Crippen molar-refractivity contribution >= 4 is 11.6 Å². The number of benzene rings is 1. The van der Waals surface area contributed by atoms with E-state index < -0.39 is 25.2 Å². The summed E-state index contributed by atoms with van der Waals surface area (Å²) in [5.41, 5.74) is 0.493. The molecule has 0 spiro atoms. The van der Waals surface area contributed by atoms with E-state index in [0.717, 1.165) is 0 Å². The summed E-state index contributed by atoms with van der Waals surface area (Å²) in [5.74, 6) is -0.509. The minimum Gasteiger partial charge on any atom is -0.495 e. The van der Waals surface area contributed by atoms with Crippen LogP contribution in [0.15, 0.2) is 18.2 Å². The van der Waals surface area contributed by atoms with Gasteiger partial charge in [-0.05, 0) is 12.1 Å². The van der Waals surface area contributed by atoms with E-state index in [9.17, 15) is 18.0 Å². The summed E-state index contributed by atoms with van der Waals surface area (Å²) in [4.78, 5) is 11.3. The fraction of sp³-hybridized carbons (Fsp3) is 0.333. The molecule has 0 aliphatic heterocycles. The van der Waals surface area contributed by atoms with Crippen LogP contribution in [-0.2, 0) is 4.79 Å². The number of alkyl halides is 3. The molecule has 0 aliphatic rings. The number of methoxy groups -OCH3 is 1. The lowest BCUT2D eigenvalue weighted by molar-refractivity contribution is -0.137. The van der Waals surface area contributed by atoms with Gasteiger partial charge in [0.15, 0.2) is 0 Å². The van der Waals surface area contributed by atoms with Crippen LogP contribution in [0.4, 0.5) is 18.9 Å². The number of anilines is 1. The minimum absolute atomic E-state index is 0.230. The summed E-state index contributed by atoms with van der Waals surface area (Å²) in [6.45, 7) is -1.80. The van der Waals surface area contributed by atoms with Gasteiger partial charge in [-0.3, -0.25) is 4.79 Å². The van der Waals surface area contributed by atoms with E-state index in [1.807, 2.05) is 6.07 Å². The van der Waals surface area contributed by atoms with Gasteiger partial charge in [0, 0.05) is 0 Å². The van der Waals surface area contributed by atoms with Crippen LogP contribution in [0, 0.1) is 11.3 Å². The summed E-state index contributed by atoms with van der Waals surface area (Å²) in [5, 5.41) is 13.2. The van der Waals surface area contributed by atoms with Crippen molar-refractivity contribution in [3.63, 3.8) is 0 Å². The number of nitrogens with zero attached hydrogens (tertiary/aromatic N) is 1. The summed E-state index contributed by atoms with van der Waals surface area (Å²) >= 11 is 0. The molecule has 0 heterocycles. The number of hydrogen-bond donors (Lipinski definition) is 2. The molecule has 0 unspecified atom stereocenters. The van der Waals surface area contributed by atoms with Crippen LogP contribution in [0.2, 0.25) is 0 Å². The Kier molecular flexibility index (Phi) is 5.20. The molecule has 0 radical (unpaired) electrons. The second kappa shape index (κ2) is 6.65. The fourth-order valence-electron chi connectivity index (χ4n) is 1.41. The Labute approximate surface area is 113 Å². The summed E-state index contributed by atoms with van der Waals surface area (Å²) < 4.78 is 40.8. The molecule has 0 aliphatic carbocycles. The smallest absolute Gasteiger partial charge is 0.405 e. The first kappa shape index (κ1) is 15.6. The van der Waals surface area contributed by atoms with Crippen molar-refractivity contribution in [2.75, 3.05) is 25.5 Å². The minimum atomic E-state index is -4.46. The van der Waals surface area contributed by atoms with Crippen LogP contribution in [0.3, 0.4) is 0 Å². The zero-order chi connectivity index (χ0) is 15.2. The largest absolute Gasteiger partial charge is 0.495 e. The van der Waals surface area contributed by atoms with Crippen LogP contribution < -0.4 is 15.4 Å². The number of rotatable bonds is 5. The molecule has 5 nitrogen and oxygen atoms in total. The quantitative estimate of drug-likeness (QED) is 0.863. The Morgan fingerprint density at radius 1 is 1.45 bits per heavy atom. The van der Waals surface area contributed by atoms with Gasteiger partial charge in [-0.2, -0.15) is 18.4 Å². The van der Waals surface area contributed by atoms with Crippen molar-refractivity contribution < 1.29 is 22.7 Å². The predicted molar refractivity (Wildman–Crippen MR) is 65.3 cm³/mol. The molecule has 8 heteroatoms. The topological polar surface area (TPSA) is 74.1 Å². The van der Waals surface area contributed by atoms with E-state index in [0.29, 0.717) is 5.75 Å². The van der Waals surface area contributed by atoms with Crippen molar-refractivity contribution in [1.29, 1.82) is 5.26 Å². The Balaban J connectivity index is 2.66. The number of nitriles is 1. The van der Waals surface area contributed by atoms with Crippen LogP contribution in [0.1, 0.15) is 5.56 Å². The van der Waals surface area contributed by atoms with E-state index in [1.165, 1.54) is 13.2 Å². The third-order valence-electron chi connectivity index (χ3n) is 2.28. The number of halogens is 3. The molecule has 0 atom stereocenters. The first-order valence-electron chi connectivity index (χ1n) is 5.52. The highest BCUT2D eigenvalue weighted by Gasteiger charge is 2.27. The molecule has 0 aromatic heterocycles. The molecule has 1 aromatic rings. The molecular formula is C12H12F3N3O2. The Morgan fingerprint density at radius 2 is 2.15 bits per heavy atom. The highest BCUT2D eigenvalue weighted by atomic mass is 19.4. The van der Waals surface area contributed by atoms with E-state index >= 15 is 0 Å². The fourth-order valence-corrected chi connectivity index (χ4v) is 1.41. The molecule has 2 N–H and O–H groups in total. The van der Waals surface area contributed by atoms with Crippen molar-refractivity contribution in [2.45, 2.75) is 6.18 Å². The van der Waals surface area contributed by atoms with Gasteiger partial charge in [0.1, 0.15) is 18.4 Å². The van der Waals surface area contributed by atoms with Gasteiger partial charge in [-0.25, -0.2) is 0 Å². The Hall–Kier alpha value is -2.43. The van der Waals surface area contributed by atoms with Crippen molar-refractivity contribution in [3.05, 3.63) is 23.8 Å². The van der Waals surface area contributed by atoms with E-state index in [-0.39, 0.29) is 11.3 Å². The van der Waals surface area contributed by atoms with Gasteiger partial charge in [0.25, 0.3) is 0 Å². The van der Waals surface area contributed by atoms with E-state index in [1.54, 1.807) is 17.4 Å². The second-order valence-electron chi connectivity index (χ2n) is 3.74. The number of ether oxygens (including phenoxy) is 1. The normalized spacial score (nSPS) is 10.6. The molecule has 108 valence electrons. The molecule has 20 heavy (non-hydrogen) atoms. The summed E-state index contributed by atoms with van der Waals surface area (Å²) in [6.07, 6.45) is -4.46. The van der Waals surface area contributed by atoms with Gasteiger partial charge >= 0.3 is 6.18 Å². The van der Waals surface area contributed by atoms with E-state index in [4.69, 9.17) is 10.00 Å². The second-order valence-corrected chi connectivity index (χ2v) is 3.74. The number of nitrogens with one attached hydrogen (secondary N) is 2. The first-order valence-corrected chi connectivity index (χ1v) is 5.52. The van der Waals surface area contributed by atoms with Crippen LogP contribution >= 0.6 is 0 Å². The zero-order valence-electron chi connectivity index (χ0n) is 10.5. The van der Waals surface area contributed by atoms with E-state index in [2.05, 4.69) is 5.32 Å². The maximum Gasteiger partial charge on any atom is 0.405 e. The monoisotopic (exact) mass is 287 g/mol. The number of para-hydroxylation sites is 1. The average Bonchev–Trinajstić information content (AvgIpc) is 2.41. The number of carbonyl (C=O) groups excluding carboxylic acids is 1. The standard InChI is InChI=1S/C12H12F3N3O2/c1-20-9-4-2-3-8(5-16)11(9)17-6-10(19)18-7-12(13,14)15/h2-4,17H,6-7H2,1H3,(H,18,19). The van der Waals surface area contributed by atoms with Gasteiger partial charge in [-0.1, -0.05) is 6.07 Å². The maximum atomic E-state index is 11.9. The van der Waals surface area contributed by atoms with Gasteiger partial charge in [0.2, 0.25) is 5.91 Å². The highest BCUT2D eigenvalue weighted by molar-refractivity contribution is 5.82. The maximum absolute atomic E-state index is 11.9. The predicted octanol–water partition coefficient (Wildman–Crippen LogP) is 1.66. The Morgan fingerprint density at radius 3 is 2.70 bits per heavy atom. The molecular weight excluding hydrogens is 275 g/mol. The van der Waals surface area contributed by atoms with Crippen LogP contribution in [0.25, 0.3) is 0 Å². The third kappa shape index (κ3) is 4.68. The number of amides is 1. The molecule has 0 saturated heterocycles.